The zero-order chi connectivity index (χ0) is 61.0. The molecular weight excluding hydrogens is 1090 g/mol. The molecule has 24 heteroatoms. The summed E-state index contributed by atoms with van der Waals surface area (Å²) in [6.45, 7) is 18.8. The van der Waals surface area contributed by atoms with Crippen molar-refractivity contribution in [2.24, 2.45) is 50.2 Å². The van der Waals surface area contributed by atoms with Crippen LogP contribution in [-0.4, -0.2) is 233 Å². The molecule has 0 aromatic rings. The van der Waals surface area contributed by atoms with Gasteiger partial charge in [-0.1, -0.05) is 66.2 Å². The second kappa shape index (κ2) is 23.9. The minimum Gasteiger partial charge on any atom is -0.479 e. The third kappa shape index (κ3) is 10.9. The topological polar surface area (TPSA) is 380 Å². The molecule has 0 spiro atoms. The maximum atomic E-state index is 13.4. The summed E-state index contributed by atoms with van der Waals surface area (Å²) in [4.78, 5) is 26.5. The Balaban J connectivity index is 1.01. The van der Waals surface area contributed by atoms with E-state index < -0.39 is 165 Å². The minimum absolute atomic E-state index is 0.00593. The van der Waals surface area contributed by atoms with Gasteiger partial charge in [0.2, 0.25) is 0 Å². The molecule has 0 bridgehead atoms. The fraction of sp³-hybridized carbons (Fsp3) is 0.898. The Hall–Kier alpha value is -2.38. The van der Waals surface area contributed by atoms with Gasteiger partial charge >= 0.3 is 11.9 Å². The third-order valence-corrected chi connectivity index (χ3v) is 22.5. The lowest BCUT2D eigenvalue weighted by Gasteiger charge is -2.72. The number of carbonyl (C=O) groups excluding carboxylic acids is 1. The zero-order valence-electron chi connectivity index (χ0n) is 49.4. The average Bonchev–Trinajstić information content (AvgIpc) is 0.960. The number of esters is 1. The molecule has 29 atom stereocenters. The Morgan fingerprint density at radius 1 is 0.614 bits per heavy atom. The molecule has 0 aromatic heterocycles. The van der Waals surface area contributed by atoms with Crippen LogP contribution in [0.25, 0.3) is 0 Å². The number of carboxylic acids is 1. The molecule has 24 nitrogen and oxygen atoms in total. The number of aliphatic hydroxyl groups is 12. The first kappa shape index (κ1) is 65.1. The number of carboxylic acid groups (broad SMARTS) is 1. The summed E-state index contributed by atoms with van der Waals surface area (Å²) < 4.78 is 55.0. The van der Waals surface area contributed by atoms with Gasteiger partial charge in [-0.15, -0.1) is 0 Å². The molecule has 4 heterocycles. The first-order chi connectivity index (χ1) is 38.8. The van der Waals surface area contributed by atoms with E-state index in [1.165, 1.54) is 12.5 Å². The van der Waals surface area contributed by atoms with Gasteiger partial charge in [0.25, 0.3) is 0 Å². The monoisotopic (exact) mass is 1190 g/mol. The SMILES string of the molecule is C/C=C(/C)C(=O)O[C@H]1CC(C)(C)C[C@H]2C3=CC[C@@H]4[C@@]5(C)CC[C@H](O[C@@H]6O[C@H](C(=O)O)[C@@H](O)[C@H](O[C@@H]7O[C@H](CO)[C@H](O[C@@H]8O[C@@H](C)[C@H](O)[C@@H](O)[C@H]8O)[C@H](O)[C@H]7O)[C@H]6O[C@@H]6O[C@H](CO)[C@@H](O)[C@H](O)[C@H]6O)C(C)(C)[C@@H]5CC[C@@]4(C)[C@]3(C)CC[C@@]12CO. The third-order valence-electron chi connectivity index (χ3n) is 22.5. The molecule has 0 unspecified atom stereocenters. The summed E-state index contributed by atoms with van der Waals surface area (Å²) in [5.74, 6) is -1.89. The van der Waals surface area contributed by atoms with Crippen molar-refractivity contribution < 1.29 is 119 Å². The fourth-order valence-electron chi connectivity index (χ4n) is 17.2. The number of hydrogen-bond donors (Lipinski definition) is 13. The number of allylic oxidation sites excluding steroid dienone is 3. The first-order valence-corrected chi connectivity index (χ1v) is 29.8. The van der Waals surface area contributed by atoms with E-state index >= 15 is 0 Å². The van der Waals surface area contributed by atoms with Crippen LogP contribution in [0.1, 0.15) is 127 Å². The van der Waals surface area contributed by atoms with E-state index in [2.05, 4.69) is 54.5 Å². The fourth-order valence-corrected chi connectivity index (χ4v) is 17.2. The van der Waals surface area contributed by atoms with Gasteiger partial charge < -0.3 is 109 Å². The molecule has 474 valence electrons. The maximum Gasteiger partial charge on any atom is 0.335 e. The molecule has 0 amide bonds. The summed E-state index contributed by atoms with van der Waals surface area (Å²) >= 11 is 0. The number of aliphatic carboxylic acids is 1. The van der Waals surface area contributed by atoms with Crippen molar-refractivity contribution in [3.8, 4) is 0 Å². The van der Waals surface area contributed by atoms with Crippen molar-refractivity contribution in [3.63, 3.8) is 0 Å². The number of rotatable bonds is 14. The maximum absolute atomic E-state index is 13.4. The second-order valence-electron chi connectivity index (χ2n) is 27.8. The van der Waals surface area contributed by atoms with E-state index in [-0.39, 0.29) is 52.0 Å². The van der Waals surface area contributed by atoms with E-state index in [9.17, 15) is 76.0 Å². The molecule has 83 heavy (non-hydrogen) atoms. The van der Waals surface area contributed by atoms with Crippen LogP contribution in [0.2, 0.25) is 0 Å². The molecular formula is C59H94O24. The normalized spacial score (nSPS) is 51.5. The van der Waals surface area contributed by atoms with E-state index in [1.54, 1.807) is 13.0 Å². The number of carbonyl (C=O) groups is 2. The molecule has 5 aliphatic carbocycles. The van der Waals surface area contributed by atoms with E-state index in [4.69, 9.17) is 42.6 Å². The van der Waals surface area contributed by atoms with E-state index in [1.807, 2.05) is 6.92 Å². The predicted molar refractivity (Wildman–Crippen MR) is 286 cm³/mol. The molecule has 9 rings (SSSR count). The highest BCUT2D eigenvalue weighted by Crippen LogP contribution is 2.76. The van der Waals surface area contributed by atoms with Gasteiger partial charge in [0.15, 0.2) is 31.3 Å². The summed E-state index contributed by atoms with van der Waals surface area (Å²) in [7, 11) is 0. The number of fused-ring (bicyclic) bond motifs is 7. The highest BCUT2D eigenvalue weighted by molar-refractivity contribution is 5.87. The lowest BCUT2D eigenvalue weighted by atomic mass is 9.33. The highest BCUT2D eigenvalue weighted by Gasteiger charge is 2.70. The van der Waals surface area contributed by atoms with Crippen molar-refractivity contribution in [2.45, 2.75) is 262 Å². The Labute approximate surface area is 484 Å². The van der Waals surface area contributed by atoms with Crippen LogP contribution in [-0.2, 0) is 52.2 Å². The van der Waals surface area contributed by atoms with Crippen LogP contribution in [0.3, 0.4) is 0 Å². The van der Waals surface area contributed by atoms with Crippen LogP contribution in [0.4, 0.5) is 0 Å². The Bertz CT molecular complexity index is 2380. The summed E-state index contributed by atoms with van der Waals surface area (Å²) in [5.41, 5.74) is -0.421. The summed E-state index contributed by atoms with van der Waals surface area (Å²) in [6, 6.07) is 0. The van der Waals surface area contributed by atoms with Crippen LogP contribution in [0.15, 0.2) is 23.3 Å². The summed E-state index contributed by atoms with van der Waals surface area (Å²) in [6.07, 6.45) is -27.4. The van der Waals surface area contributed by atoms with Gasteiger partial charge in [-0.25, -0.2) is 9.59 Å². The van der Waals surface area contributed by atoms with E-state index in [0.717, 1.165) is 32.1 Å². The van der Waals surface area contributed by atoms with Gasteiger partial charge in [0.05, 0.1) is 32.0 Å². The summed E-state index contributed by atoms with van der Waals surface area (Å²) in [5, 5.41) is 142. The minimum atomic E-state index is -2.22. The molecule has 9 aliphatic rings. The number of ether oxygens (including phenoxy) is 9. The Morgan fingerprint density at radius 2 is 1.20 bits per heavy atom. The van der Waals surface area contributed by atoms with E-state index in [0.29, 0.717) is 31.3 Å². The van der Waals surface area contributed by atoms with Crippen molar-refractivity contribution in [1.82, 2.24) is 0 Å². The molecule has 4 saturated carbocycles. The van der Waals surface area contributed by atoms with Crippen molar-refractivity contribution in [2.75, 3.05) is 19.8 Å². The van der Waals surface area contributed by atoms with Crippen LogP contribution in [0.5, 0.6) is 0 Å². The van der Waals surface area contributed by atoms with Gasteiger partial charge in [-0.05, 0) is 123 Å². The second-order valence-corrected chi connectivity index (χ2v) is 27.8. The molecule has 13 N–H and O–H groups in total. The first-order valence-electron chi connectivity index (χ1n) is 29.8. The van der Waals surface area contributed by atoms with Crippen molar-refractivity contribution >= 4 is 11.9 Å². The van der Waals surface area contributed by atoms with Gasteiger partial charge in [0.1, 0.15) is 91.6 Å². The smallest absolute Gasteiger partial charge is 0.335 e. The standard InChI is InChI=1S/C59H94O24/c1-11-25(2)49(74)78-34-21-54(4,5)20-28-27-12-13-32-56(8)16-15-33(55(6,7)31(56)14-17-58(32,10)57(27,9)18-19-59(28,34)24-62)79-53-47(83-51-41(69)38(66)36(64)29(22-60)76-51)45(43(71)46(82-53)48(72)73)81-52-42(70)39(67)44(30(23-61)77-52)80-50-40(68)37(65)35(63)26(3)75-50/h11-12,26,28-47,50-53,60-71H,13-24H2,1-10H3,(H,72,73)/b25-11-/t26-,28-,29+,30+,31-,32+,33-,34-,35-,36+,37+,38-,39+,40+,41+,42+,43-,44-,45-,46-,47+,50-,51-,52-,53+,56-,57+,58+,59-/m0/s1. The quantitative estimate of drug-likeness (QED) is 0.0473. The molecule has 4 saturated heterocycles. The molecule has 4 aliphatic heterocycles. The lowest BCUT2D eigenvalue weighted by molar-refractivity contribution is -0.401. The van der Waals surface area contributed by atoms with Crippen LogP contribution in [0, 0.1) is 50.2 Å². The van der Waals surface area contributed by atoms with Crippen molar-refractivity contribution in [3.05, 3.63) is 23.3 Å². The molecule has 8 fully saturated rings. The van der Waals surface area contributed by atoms with Gasteiger partial charge in [0, 0.05) is 11.0 Å². The number of hydrogen-bond acceptors (Lipinski definition) is 23. The number of aliphatic hydroxyl groups excluding tert-OH is 12. The highest BCUT2D eigenvalue weighted by atomic mass is 16.8. The Kier molecular flexibility index (Phi) is 18.7. The largest absolute Gasteiger partial charge is 0.479 e. The molecule has 0 aromatic carbocycles. The van der Waals surface area contributed by atoms with Gasteiger partial charge in [-0.2, -0.15) is 0 Å². The molecule has 0 radical (unpaired) electrons. The van der Waals surface area contributed by atoms with Crippen LogP contribution < -0.4 is 0 Å². The Morgan fingerprint density at radius 3 is 1.82 bits per heavy atom. The zero-order valence-corrected chi connectivity index (χ0v) is 49.4. The van der Waals surface area contributed by atoms with Gasteiger partial charge in [-0.3, -0.25) is 0 Å². The average molecular weight is 1190 g/mol. The van der Waals surface area contributed by atoms with Crippen LogP contribution >= 0.6 is 0 Å². The lowest BCUT2D eigenvalue weighted by Crippen LogP contribution is -2.69. The van der Waals surface area contributed by atoms with Crippen molar-refractivity contribution in [1.29, 1.82) is 0 Å². The predicted octanol–water partition coefficient (Wildman–Crippen LogP) is 0.0459.